The van der Waals surface area contributed by atoms with Crippen molar-refractivity contribution in [3.05, 3.63) is 35.7 Å². The molecule has 0 saturated carbocycles. The second-order valence-electron chi connectivity index (χ2n) is 4.57. The van der Waals surface area contributed by atoms with Crippen LogP contribution in [0.1, 0.15) is 24.4 Å². The molecule has 0 spiro atoms. The maximum atomic E-state index is 10.8. The number of nitrogens with zero attached hydrogens (tertiary/aromatic N) is 3. The van der Waals surface area contributed by atoms with Gasteiger partial charge in [-0.3, -0.25) is 9.36 Å². The second kappa shape index (κ2) is 6.73. The van der Waals surface area contributed by atoms with Gasteiger partial charge in [0.25, 0.3) is 0 Å². The quantitative estimate of drug-likeness (QED) is 0.826. The number of hydrogen-bond acceptors (Lipinski definition) is 5. The van der Waals surface area contributed by atoms with Crippen LogP contribution in [0, 0.1) is 6.92 Å². The van der Waals surface area contributed by atoms with Crippen LogP contribution >= 0.6 is 11.8 Å². The first kappa shape index (κ1) is 15.5. The van der Waals surface area contributed by atoms with Gasteiger partial charge < -0.3 is 9.84 Å². The Kier molecular flexibility index (Phi) is 4.98. The van der Waals surface area contributed by atoms with Crippen molar-refractivity contribution in [2.75, 3.05) is 12.9 Å². The van der Waals surface area contributed by atoms with E-state index in [-0.39, 0.29) is 11.9 Å². The van der Waals surface area contributed by atoms with E-state index in [0.29, 0.717) is 11.0 Å². The number of aliphatic carboxylic acids is 1. The lowest BCUT2D eigenvalue weighted by Gasteiger charge is -2.13. The SMILES string of the molecule is CO[C@@H](C)c1nnc(SCC(=O)O)n1-c1ccc(C)cc1. The number of thioether (sulfide) groups is 1. The fourth-order valence-electron chi connectivity index (χ4n) is 1.81. The summed E-state index contributed by atoms with van der Waals surface area (Å²) >= 11 is 1.14. The van der Waals surface area contributed by atoms with Crippen LogP contribution in [0.5, 0.6) is 0 Å². The Hall–Kier alpha value is -1.86. The molecular formula is C14H17N3O3S. The van der Waals surface area contributed by atoms with Crippen molar-refractivity contribution in [3.63, 3.8) is 0 Å². The summed E-state index contributed by atoms with van der Waals surface area (Å²) in [5.74, 6) is -0.306. The summed E-state index contributed by atoms with van der Waals surface area (Å²) in [7, 11) is 1.60. The molecule has 0 fully saturated rings. The van der Waals surface area contributed by atoms with E-state index in [1.807, 2.05) is 42.7 Å². The number of ether oxygens (including phenoxy) is 1. The number of carboxylic acid groups (broad SMARTS) is 1. The third-order valence-electron chi connectivity index (χ3n) is 2.99. The Morgan fingerprint density at radius 1 is 1.38 bits per heavy atom. The predicted molar refractivity (Wildman–Crippen MR) is 79.9 cm³/mol. The number of carbonyl (C=O) groups is 1. The van der Waals surface area contributed by atoms with Crippen LogP contribution < -0.4 is 0 Å². The average molecular weight is 307 g/mol. The van der Waals surface area contributed by atoms with Crippen molar-refractivity contribution in [3.8, 4) is 5.69 Å². The van der Waals surface area contributed by atoms with Gasteiger partial charge in [-0.05, 0) is 26.0 Å². The number of rotatable bonds is 6. The molecule has 2 aromatic rings. The van der Waals surface area contributed by atoms with Gasteiger partial charge in [0.1, 0.15) is 6.10 Å². The zero-order chi connectivity index (χ0) is 15.4. The monoisotopic (exact) mass is 307 g/mol. The van der Waals surface area contributed by atoms with E-state index in [1.54, 1.807) is 7.11 Å². The minimum absolute atomic E-state index is 0.0641. The molecule has 0 aliphatic carbocycles. The van der Waals surface area contributed by atoms with Gasteiger partial charge in [0.05, 0.1) is 5.75 Å². The number of methoxy groups -OCH3 is 1. The minimum atomic E-state index is -0.889. The summed E-state index contributed by atoms with van der Waals surface area (Å²) in [4.78, 5) is 10.8. The smallest absolute Gasteiger partial charge is 0.313 e. The molecule has 0 unspecified atom stereocenters. The zero-order valence-electron chi connectivity index (χ0n) is 12.1. The first-order valence-corrected chi connectivity index (χ1v) is 7.41. The summed E-state index contributed by atoms with van der Waals surface area (Å²) in [5, 5.41) is 17.6. The van der Waals surface area contributed by atoms with E-state index in [0.717, 1.165) is 23.0 Å². The van der Waals surface area contributed by atoms with E-state index in [4.69, 9.17) is 9.84 Å². The lowest BCUT2D eigenvalue weighted by Crippen LogP contribution is -2.08. The van der Waals surface area contributed by atoms with Crippen molar-refractivity contribution in [1.29, 1.82) is 0 Å². The highest BCUT2D eigenvalue weighted by atomic mass is 32.2. The van der Waals surface area contributed by atoms with Crippen molar-refractivity contribution >= 4 is 17.7 Å². The number of benzene rings is 1. The van der Waals surface area contributed by atoms with E-state index in [1.165, 1.54) is 0 Å². The molecule has 1 N–H and O–H groups in total. The van der Waals surface area contributed by atoms with Gasteiger partial charge in [0.2, 0.25) is 0 Å². The molecule has 1 aromatic heterocycles. The van der Waals surface area contributed by atoms with E-state index in [2.05, 4.69) is 10.2 Å². The summed E-state index contributed by atoms with van der Waals surface area (Å²) in [6.45, 7) is 3.88. The lowest BCUT2D eigenvalue weighted by molar-refractivity contribution is -0.133. The molecule has 0 amide bonds. The molecule has 0 aliphatic rings. The fraction of sp³-hybridized carbons (Fsp3) is 0.357. The van der Waals surface area contributed by atoms with Crippen LogP contribution in [0.3, 0.4) is 0 Å². The van der Waals surface area contributed by atoms with Gasteiger partial charge in [0.15, 0.2) is 11.0 Å². The van der Waals surface area contributed by atoms with Crippen LogP contribution in [0.15, 0.2) is 29.4 Å². The molecule has 1 heterocycles. The van der Waals surface area contributed by atoms with Crippen LogP contribution in [-0.2, 0) is 9.53 Å². The highest BCUT2D eigenvalue weighted by molar-refractivity contribution is 7.99. The van der Waals surface area contributed by atoms with Gasteiger partial charge in [-0.25, -0.2) is 0 Å². The molecule has 6 nitrogen and oxygen atoms in total. The van der Waals surface area contributed by atoms with Gasteiger partial charge in [-0.2, -0.15) is 0 Å². The average Bonchev–Trinajstić information content (AvgIpc) is 2.89. The van der Waals surface area contributed by atoms with Crippen LogP contribution in [0.25, 0.3) is 5.69 Å². The standard InChI is InChI=1S/C14H17N3O3S/c1-9-4-6-11(7-5-9)17-13(10(2)20-3)15-16-14(17)21-8-12(18)19/h4-7,10H,8H2,1-3H3,(H,18,19)/t10-/m0/s1. The van der Waals surface area contributed by atoms with Crippen LogP contribution in [-0.4, -0.2) is 38.7 Å². The first-order chi connectivity index (χ1) is 10.0. The van der Waals surface area contributed by atoms with Crippen LogP contribution in [0.4, 0.5) is 0 Å². The molecule has 0 saturated heterocycles. The molecule has 0 radical (unpaired) electrons. The molecule has 1 atom stereocenters. The largest absolute Gasteiger partial charge is 0.481 e. The lowest BCUT2D eigenvalue weighted by atomic mass is 10.2. The maximum absolute atomic E-state index is 10.8. The summed E-state index contributed by atoms with van der Waals surface area (Å²) in [5.41, 5.74) is 2.03. The summed E-state index contributed by atoms with van der Waals surface area (Å²) < 4.78 is 7.15. The molecule has 1 aromatic carbocycles. The molecule has 7 heteroatoms. The molecule has 112 valence electrons. The van der Waals surface area contributed by atoms with Crippen molar-refractivity contribution in [2.24, 2.45) is 0 Å². The van der Waals surface area contributed by atoms with E-state index < -0.39 is 5.97 Å². The van der Waals surface area contributed by atoms with Gasteiger partial charge in [-0.1, -0.05) is 29.5 Å². The summed E-state index contributed by atoms with van der Waals surface area (Å²) in [6.07, 6.45) is -0.238. The third kappa shape index (κ3) is 3.62. The van der Waals surface area contributed by atoms with Crippen molar-refractivity contribution in [2.45, 2.75) is 25.1 Å². The highest BCUT2D eigenvalue weighted by Gasteiger charge is 2.19. The number of hydrogen-bond donors (Lipinski definition) is 1. The van der Waals surface area contributed by atoms with E-state index >= 15 is 0 Å². The summed E-state index contributed by atoms with van der Waals surface area (Å²) in [6, 6.07) is 7.88. The molecular weight excluding hydrogens is 290 g/mol. The zero-order valence-corrected chi connectivity index (χ0v) is 12.9. The number of aryl methyl sites for hydroxylation is 1. The van der Waals surface area contributed by atoms with Gasteiger partial charge in [0, 0.05) is 12.8 Å². The van der Waals surface area contributed by atoms with Crippen LogP contribution in [0.2, 0.25) is 0 Å². The van der Waals surface area contributed by atoms with Gasteiger partial charge in [-0.15, -0.1) is 10.2 Å². The second-order valence-corrected chi connectivity index (χ2v) is 5.51. The number of aromatic nitrogens is 3. The molecule has 21 heavy (non-hydrogen) atoms. The molecule has 0 aliphatic heterocycles. The Bertz CT molecular complexity index is 625. The number of carboxylic acids is 1. The van der Waals surface area contributed by atoms with Gasteiger partial charge >= 0.3 is 5.97 Å². The Morgan fingerprint density at radius 2 is 2.05 bits per heavy atom. The minimum Gasteiger partial charge on any atom is -0.481 e. The first-order valence-electron chi connectivity index (χ1n) is 6.42. The van der Waals surface area contributed by atoms with Crippen molar-refractivity contribution < 1.29 is 14.6 Å². The highest BCUT2D eigenvalue weighted by Crippen LogP contribution is 2.26. The Labute approximate surface area is 127 Å². The third-order valence-corrected chi connectivity index (χ3v) is 3.91. The topological polar surface area (TPSA) is 77.2 Å². The predicted octanol–water partition coefficient (Wildman–Crippen LogP) is 2.46. The normalized spacial score (nSPS) is 12.3. The fourth-order valence-corrected chi connectivity index (χ4v) is 2.49. The maximum Gasteiger partial charge on any atom is 0.313 e. The molecule has 2 rings (SSSR count). The van der Waals surface area contributed by atoms with Crippen molar-refractivity contribution in [1.82, 2.24) is 14.8 Å². The molecule has 0 bridgehead atoms. The Morgan fingerprint density at radius 3 is 2.62 bits per heavy atom. The Balaban J connectivity index is 2.44. The van der Waals surface area contributed by atoms with E-state index in [9.17, 15) is 4.79 Å².